The minimum atomic E-state index is -3.83. The van der Waals surface area contributed by atoms with Crippen molar-refractivity contribution in [2.24, 2.45) is 0 Å². The molecule has 1 amide bonds. The molecule has 0 saturated carbocycles. The molecule has 0 aromatic heterocycles. The van der Waals surface area contributed by atoms with Crippen molar-refractivity contribution in [2.45, 2.75) is 4.90 Å². The van der Waals surface area contributed by atoms with Crippen LogP contribution in [0.3, 0.4) is 0 Å². The lowest BCUT2D eigenvalue weighted by Crippen LogP contribution is -2.36. The van der Waals surface area contributed by atoms with Gasteiger partial charge in [0.25, 0.3) is 5.69 Å². The molecule has 0 aliphatic carbocycles. The summed E-state index contributed by atoms with van der Waals surface area (Å²) in [6.45, 7) is 2.81. The van der Waals surface area contributed by atoms with Crippen LogP contribution in [0.25, 0.3) is 0 Å². The van der Waals surface area contributed by atoms with E-state index in [0.29, 0.717) is 18.9 Å². The van der Waals surface area contributed by atoms with Crippen LogP contribution < -0.4 is 19.8 Å². The molecule has 1 fully saturated rings. The van der Waals surface area contributed by atoms with Crippen LogP contribution in [-0.4, -0.2) is 66.2 Å². The molecule has 172 valence electrons. The van der Waals surface area contributed by atoms with Crippen molar-refractivity contribution >= 4 is 38.7 Å². The number of nitro benzene ring substituents is 1. The molecular weight excluding hydrogens is 438 g/mol. The minimum absolute atomic E-state index is 0.128. The average molecular weight is 464 g/mol. The average Bonchev–Trinajstić information content (AvgIpc) is 2.79. The summed E-state index contributed by atoms with van der Waals surface area (Å²) < 4.78 is 31.3. The monoisotopic (exact) mass is 463 g/mol. The number of anilines is 3. The second-order valence-electron chi connectivity index (χ2n) is 7.17. The van der Waals surface area contributed by atoms with Crippen molar-refractivity contribution < 1.29 is 22.9 Å². The highest BCUT2D eigenvalue weighted by molar-refractivity contribution is 7.89. The van der Waals surface area contributed by atoms with Crippen LogP contribution in [0.1, 0.15) is 0 Å². The minimum Gasteiger partial charge on any atom is -0.378 e. The Balaban J connectivity index is 1.68. The van der Waals surface area contributed by atoms with Crippen LogP contribution >= 0.6 is 0 Å². The van der Waals surface area contributed by atoms with Gasteiger partial charge in [-0.05, 0) is 43.4 Å². The summed E-state index contributed by atoms with van der Waals surface area (Å²) in [4.78, 5) is 26.6. The molecule has 1 aliphatic rings. The van der Waals surface area contributed by atoms with Gasteiger partial charge in [-0.25, -0.2) is 13.1 Å². The predicted octanol–water partition coefficient (Wildman–Crippen LogP) is 1.41. The van der Waals surface area contributed by atoms with Gasteiger partial charge >= 0.3 is 0 Å². The first-order valence-electron chi connectivity index (χ1n) is 9.87. The summed E-state index contributed by atoms with van der Waals surface area (Å²) in [5.41, 5.74) is 1.36. The van der Waals surface area contributed by atoms with Crippen molar-refractivity contribution in [2.75, 3.05) is 62.1 Å². The molecule has 1 saturated heterocycles. The SMILES string of the molecule is CNS(=O)(=O)c1ccc(N(C)CC(=O)Nc2ccc(N3CCOCC3)cc2)c([N+](=O)[O-])c1. The number of benzene rings is 2. The van der Waals surface area contributed by atoms with E-state index < -0.39 is 20.6 Å². The van der Waals surface area contributed by atoms with E-state index in [1.54, 1.807) is 12.1 Å². The number of carbonyl (C=O) groups excluding carboxylic acids is 1. The molecule has 32 heavy (non-hydrogen) atoms. The zero-order valence-electron chi connectivity index (χ0n) is 17.8. The molecule has 11 nitrogen and oxygen atoms in total. The first kappa shape index (κ1) is 23.4. The molecular formula is C20H25N5O6S. The number of ether oxygens (including phenoxy) is 1. The second-order valence-corrected chi connectivity index (χ2v) is 9.05. The van der Waals surface area contributed by atoms with E-state index in [-0.39, 0.29) is 23.0 Å². The van der Waals surface area contributed by atoms with Crippen molar-refractivity contribution in [3.05, 3.63) is 52.6 Å². The molecule has 2 aromatic carbocycles. The number of hydrogen-bond donors (Lipinski definition) is 2. The standard InChI is InChI=1S/C20H25N5O6S/c1-21-32(29,30)17-7-8-18(19(13-17)25(27)28)23(2)14-20(26)22-15-3-5-16(6-4-15)24-9-11-31-12-10-24/h3-8,13,21H,9-12,14H2,1-2H3,(H,22,26). The number of amides is 1. The first-order valence-corrected chi connectivity index (χ1v) is 11.4. The number of nitrogens with one attached hydrogen (secondary N) is 2. The zero-order valence-corrected chi connectivity index (χ0v) is 18.6. The summed E-state index contributed by atoms with van der Waals surface area (Å²) in [7, 11) is -1.09. The van der Waals surface area contributed by atoms with Gasteiger partial charge in [0.15, 0.2) is 0 Å². The maximum absolute atomic E-state index is 12.5. The lowest BCUT2D eigenvalue weighted by Gasteiger charge is -2.29. The van der Waals surface area contributed by atoms with Crippen LogP contribution in [-0.2, 0) is 19.6 Å². The fourth-order valence-electron chi connectivity index (χ4n) is 3.34. The zero-order chi connectivity index (χ0) is 23.3. The number of hydrogen-bond acceptors (Lipinski definition) is 8. The Morgan fingerprint density at radius 1 is 1.19 bits per heavy atom. The van der Waals surface area contributed by atoms with Crippen molar-refractivity contribution in [1.29, 1.82) is 0 Å². The van der Waals surface area contributed by atoms with Gasteiger partial charge in [-0.2, -0.15) is 0 Å². The maximum atomic E-state index is 12.5. The van der Waals surface area contributed by atoms with Gasteiger partial charge in [-0.3, -0.25) is 14.9 Å². The normalized spacial score (nSPS) is 14.1. The lowest BCUT2D eigenvalue weighted by atomic mass is 10.2. The Bertz CT molecular complexity index is 1080. The highest BCUT2D eigenvalue weighted by Gasteiger charge is 2.23. The molecule has 1 heterocycles. The first-order chi connectivity index (χ1) is 15.2. The molecule has 0 radical (unpaired) electrons. The fourth-order valence-corrected chi connectivity index (χ4v) is 4.09. The molecule has 2 N–H and O–H groups in total. The third-order valence-corrected chi connectivity index (χ3v) is 6.45. The van der Waals surface area contributed by atoms with E-state index in [1.165, 1.54) is 31.1 Å². The largest absolute Gasteiger partial charge is 0.378 e. The van der Waals surface area contributed by atoms with Crippen molar-refractivity contribution in [3.63, 3.8) is 0 Å². The predicted molar refractivity (Wildman–Crippen MR) is 121 cm³/mol. The van der Waals surface area contributed by atoms with E-state index >= 15 is 0 Å². The Morgan fingerprint density at radius 2 is 1.84 bits per heavy atom. The fraction of sp³-hybridized carbons (Fsp3) is 0.350. The van der Waals surface area contributed by atoms with Gasteiger partial charge in [0, 0.05) is 37.6 Å². The molecule has 0 unspecified atom stereocenters. The third-order valence-electron chi connectivity index (χ3n) is 5.04. The number of nitro groups is 1. The molecule has 3 rings (SSSR count). The summed E-state index contributed by atoms with van der Waals surface area (Å²) >= 11 is 0. The van der Waals surface area contributed by atoms with Crippen LogP contribution in [0.2, 0.25) is 0 Å². The number of sulfonamides is 1. The smallest absolute Gasteiger partial charge is 0.293 e. The van der Waals surface area contributed by atoms with Crippen LogP contribution in [0.5, 0.6) is 0 Å². The number of likely N-dealkylation sites (N-methyl/N-ethyl adjacent to an activating group) is 1. The Labute approximate surface area is 186 Å². The highest BCUT2D eigenvalue weighted by Crippen LogP contribution is 2.30. The lowest BCUT2D eigenvalue weighted by molar-refractivity contribution is -0.384. The van der Waals surface area contributed by atoms with Crippen LogP contribution in [0, 0.1) is 10.1 Å². The van der Waals surface area contributed by atoms with E-state index in [0.717, 1.165) is 24.8 Å². The van der Waals surface area contributed by atoms with E-state index in [9.17, 15) is 23.3 Å². The number of nitrogens with zero attached hydrogens (tertiary/aromatic N) is 3. The maximum Gasteiger partial charge on any atom is 0.293 e. The van der Waals surface area contributed by atoms with Gasteiger partial charge in [0.2, 0.25) is 15.9 Å². The molecule has 0 bridgehead atoms. The van der Waals surface area contributed by atoms with Gasteiger partial charge < -0.3 is 19.9 Å². The topological polar surface area (TPSA) is 134 Å². The quantitative estimate of drug-likeness (QED) is 0.443. The van der Waals surface area contributed by atoms with E-state index in [4.69, 9.17) is 4.74 Å². The molecule has 0 atom stereocenters. The van der Waals surface area contributed by atoms with Crippen LogP contribution in [0.4, 0.5) is 22.7 Å². The second kappa shape index (κ2) is 9.94. The highest BCUT2D eigenvalue weighted by atomic mass is 32.2. The van der Waals surface area contributed by atoms with Gasteiger partial charge in [-0.15, -0.1) is 0 Å². The van der Waals surface area contributed by atoms with Gasteiger partial charge in [0.1, 0.15) is 5.69 Å². The number of morpholine rings is 1. The van der Waals surface area contributed by atoms with Crippen molar-refractivity contribution in [3.8, 4) is 0 Å². The molecule has 12 heteroatoms. The van der Waals surface area contributed by atoms with Gasteiger partial charge in [-0.1, -0.05) is 0 Å². The number of rotatable bonds is 8. The van der Waals surface area contributed by atoms with Gasteiger partial charge in [0.05, 0.1) is 29.6 Å². The molecule has 2 aromatic rings. The Morgan fingerprint density at radius 3 is 2.44 bits per heavy atom. The summed E-state index contributed by atoms with van der Waals surface area (Å²) in [6, 6.07) is 11.0. The van der Waals surface area contributed by atoms with E-state index in [2.05, 4.69) is 14.9 Å². The Hall–Kier alpha value is -3.22. The number of carbonyl (C=O) groups is 1. The molecule has 0 spiro atoms. The Kier molecular flexibility index (Phi) is 7.28. The molecule has 1 aliphatic heterocycles. The summed E-state index contributed by atoms with van der Waals surface area (Å²) in [5, 5.41) is 14.3. The van der Waals surface area contributed by atoms with Crippen LogP contribution in [0.15, 0.2) is 47.4 Å². The van der Waals surface area contributed by atoms with E-state index in [1.807, 2.05) is 12.1 Å². The summed E-state index contributed by atoms with van der Waals surface area (Å²) in [5.74, 6) is -0.368. The van der Waals surface area contributed by atoms with Crippen molar-refractivity contribution in [1.82, 2.24) is 4.72 Å². The third kappa shape index (κ3) is 5.52. The summed E-state index contributed by atoms with van der Waals surface area (Å²) in [6.07, 6.45) is 0.